The second-order valence-electron chi connectivity index (χ2n) is 4.34. The van der Waals surface area contributed by atoms with Gasteiger partial charge in [0.05, 0.1) is 0 Å². The van der Waals surface area contributed by atoms with Gasteiger partial charge >= 0.3 is 0 Å². The minimum absolute atomic E-state index is 0.177. The highest BCUT2D eigenvalue weighted by Crippen LogP contribution is 2.20. The molecule has 0 unspecified atom stereocenters. The number of carbonyl (C=O) groups excluding carboxylic acids is 1. The van der Waals surface area contributed by atoms with Crippen LogP contribution in [0.5, 0.6) is 0 Å². The molecule has 94 valence electrons. The van der Waals surface area contributed by atoms with Crippen molar-refractivity contribution in [2.75, 3.05) is 0 Å². The molecule has 0 amide bonds. The maximum atomic E-state index is 12.3. The van der Waals surface area contributed by atoms with Crippen molar-refractivity contribution in [3.63, 3.8) is 0 Å². The SMILES string of the molecule is Cc1cccc(C(=O)/C(C#N)=C/c2sccc2C)c1. The van der Waals surface area contributed by atoms with Crippen LogP contribution in [0, 0.1) is 25.2 Å². The van der Waals surface area contributed by atoms with E-state index in [1.54, 1.807) is 18.2 Å². The smallest absolute Gasteiger partial charge is 0.203 e. The summed E-state index contributed by atoms with van der Waals surface area (Å²) in [6.45, 7) is 3.89. The molecule has 0 aliphatic carbocycles. The summed E-state index contributed by atoms with van der Waals surface area (Å²) in [4.78, 5) is 13.2. The number of nitrogens with zero attached hydrogens (tertiary/aromatic N) is 1. The number of aryl methyl sites for hydroxylation is 2. The third kappa shape index (κ3) is 2.98. The summed E-state index contributed by atoms with van der Waals surface area (Å²) >= 11 is 1.53. The molecule has 0 aliphatic heterocycles. The molecule has 0 bridgehead atoms. The molecule has 1 aromatic carbocycles. The molecule has 0 saturated heterocycles. The van der Waals surface area contributed by atoms with Gasteiger partial charge in [0, 0.05) is 10.4 Å². The predicted molar refractivity (Wildman–Crippen MR) is 78.2 cm³/mol. The van der Waals surface area contributed by atoms with E-state index >= 15 is 0 Å². The minimum atomic E-state index is -0.223. The Kier molecular flexibility index (Phi) is 3.94. The van der Waals surface area contributed by atoms with Crippen molar-refractivity contribution in [1.29, 1.82) is 5.26 Å². The zero-order chi connectivity index (χ0) is 13.8. The Morgan fingerprint density at radius 1 is 1.32 bits per heavy atom. The lowest BCUT2D eigenvalue weighted by atomic mass is 10.0. The standard InChI is InChI=1S/C16H13NOS/c1-11-4-3-5-13(8-11)16(18)14(10-17)9-15-12(2)6-7-19-15/h3-9H,1-2H3/b14-9+. The van der Waals surface area contributed by atoms with E-state index in [1.807, 2.05) is 43.5 Å². The number of rotatable bonds is 3. The first-order chi connectivity index (χ1) is 9.11. The summed E-state index contributed by atoms with van der Waals surface area (Å²) in [6, 6.07) is 11.3. The largest absolute Gasteiger partial charge is 0.288 e. The highest BCUT2D eigenvalue weighted by atomic mass is 32.1. The van der Waals surface area contributed by atoms with Crippen molar-refractivity contribution in [3.8, 4) is 6.07 Å². The molecular formula is C16H13NOS. The molecule has 0 atom stereocenters. The third-order valence-electron chi connectivity index (χ3n) is 2.82. The normalized spacial score (nSPS) is 11.1. The Labute approximate surface area is 116 Å². The number of hydrogen-bond acceptors (Lipinski definition) is 3. The van der Waals surface area contributed by atoms with Crippen LogP contribution in [0.2, 0.25) is 0 Å². The van der Waals surface area contributed by atoms with Crippen molar-refractivity contribution in [1.82, 2.24) is 0 Å². The number of ketones is 1. The van der Waals surface area contributed by atoms with E-state index in [9.17, 15) is 10.1 Å². The zero-order valence-corrected chi connectivity index (χ0v) is 11.6. The van der Waals surface area contributed by atoms with Crippen molar-refractivity contribution in [2.24, 2.45) is 0 Å². The number of thiophene rings is 1. The van der Waals surface area contributed by atoms with Gasteiger partial charge < -0.3 is 0 Å². The molecule has 2 aromatic rings. The summed E-state index contributed by atoms with van der Waals surface area (Å²) in [5.41, 5.74) is 2.82. The number of hydrogen-bond donors (Lipinski definition) is 0. The average molecular weight is 267 g/mol. The van der Waals surface area contributed by atoms with Crippen molar-refractivity contribution in [3.05, 3.63) is 62.9 Å². The summed E-state index contributed by atoms with van der Waals surface area (Å²) in [6.07, 6.45) is 1.67. The maximum Gasteiger partial charge on any atom is 0.203 e. The van der Waals surface area contributed by atoms with Gasteiger partial charge in [0.1, 0.15) is 11.6 Å². The lowest BCUT2D eigenvalue weighted by molar-refractivity contribution is 0.104. The molecule has 3 heteroatoms. The van der Waals surface area contributed by atoms with Crippen LogP contribution in [0.4, 0.5) is 0 Å². The Balaban J connectivity index is 2.39. The van der Waals surface area contributed by atoms with Crippen molar-refractivity contribution < 1.29 is 4.79 Å². The Morgan fingerprint density at radius 2 is 2.11 bits per heavy atom. The fraction of sp³-hybridized carbons (Fsp3) is 0.125. The van der Waals surface area contributed by atoms with Crippen LogP contribution in [0.3, 0.4) is 0 Å². The van der Waals surface area contributed by atoms with E-state index in [4.69, 9.17) is 0 Å². The molecule has 0 N–H and O–H groups in total. The first-order valence-electron chi connectivity index (χ1n) is 5.89. The monoisotopic (exact) mass is 267 g/mol. The van der Waals surface area contributed by atoms with Crippen LogP contribution in [0.1, 0.15) is 26.4 Å². The Bertz CT molecular complexity index is 689. The van der Waals surface area contributed by atoms with Gasteiger partial charge in [0.15, 0.2) is 0 Å². The molecule has 2 nitrogen and oxygen atoms in total. The van der Waals surface area contributed by atoms with Gasteiger partial charge in [-0.3, -0.25) is 4.79 Å². The summed E-state index contributed by atoms with van der Waals surface area (Å²) in [7, 11) is 0. The van der Waals surface area contributed by atoms with Gasteiger partial charge in [-0.05, 0) is 43.0 Å². The highest BCUT2D eigenvalue weighted by Gasteiger charge is 2.12. The van der Waals surface area contributed by atoms with E-state index in [2.05, 4.69) is 0 Å². The van der Waals surface area contributed by atoms with Crippen LogP contribution in [-0.2, 0) is 0 Å². The molecule has 0 fully saturated rings. The molecule has 0 spiro atoms. The second kappa shape index (κ2) is 5.64. The van der Waals surface area contributed by atoms with Gasteiger partial charge in [-0.25, -0.2) is 0 Å². The number of allylic oxidation sites excluding steroid dienone is 1. The maximum absolute atomic E-state index is 12.3. The van der Waals surface area contributed by atoms with Gasteiger partial charge in [-0.15, -0.1) is 11.3 Å². The van der Waals surface area contributed by atoms with E-state index < -0.39 is 0 Å². The first kappa shape index (κ1) is 13.3. The average Bonchev–Trinajstić information content (AvgIpc) is 2.80. The first-order valence-corrected chi connectivity index (χ1v) is 6.77. The Hall–Kier alpha value is -2.18. The van der Waals surface area contributed by atoms with E-state index in [1.165, 1.54) is 11.3 Å². The van der Waals surface area contributed by atoms with E-state index in [0.717, 1.165) is 16.0 Å². The van der Waals surface area contributed by atoms with Gasteiger partial charge in [0.2, 0.25) is 5.78 Å². The summed E-state index contributed by atoms with van der Waals surface area (Å²) in [5, 5.41) is 11.1. The summed E-state index contributed by atoms with van der Waals surface area (Å²) < 4.78 is 0. The molecular weight excluding hydrogens is 254 g/mol. The topological polar surface area (TPSA) is 40.9 Å². The molecule has 1 heterocycles. The fourth-order valence-corrected chi connectivity index (χ4v) is 2.61. The molecule has 0 aliphatic rings. The van der Waals surface area contributed by atoms with Crippen molar-refractivity contribution in [2.45, 2.75) is 13.8 Å². The third-order valence-corrected chi connectivity index (χ3v) is 3.79. The fourth-order valence-electron chi connectivity index (χ4n) is 1.75. The molecule has 2 rings (SSSR count). The van der Waals surface area contributed by atoms with Crippen LogP contribution >= 0.6 is 11.3 Å². The lowest BCUT2D eigenvalue weighted by Gasteiger charge is -2.01. The van der Waals surface area contributed by atoms with E-state index in [-0.39, 0.29) is 11.4 Å². The van der Waals surface area contributed by atoms with Gasteiger partial charge in [-0.1, -0.05) is 23.8 Å². The van der Waals surface area contributed by atoms with Crippen molar-refractivity contribution >= 4 is 23.2 Å². The number of carbonyl (C=O) groups is 1. The number of nitriles is 1. The van der Waals surface area contributed by atoms with Gasteiger partial charge in [-0.2, -0.15) is 5.26 Å². The quantitative estimate of drug-likeness (QED) is 0.476. The molecule has 0 saturated carbocycles. The van der Waals surface area contributed by atoms with Crippen LogP contribution in [-0.4, -0.2) is 5.78 Å². The van der Waals surface area contributed by atoms with E-state index in [0.29, 0.717) is 5.56 Å². The minimum Gasteiger partial charge on any atom is -0.288 e. The second-order valence-corrected chi connectivity index (χ2v) is 5.28. The number of benzene rings is 1. The lowest BCUT2D eigenvalue weighted by Crippen LogP contribution is -2.02. The molecule has 1 aromatic heterocycles. The molecule has 0 radical (unpaired) electrons. The van der Waals surface area contributed by atoms with Crippen LogP contribution in [0.25, 0.3) is 6.08 Å². The van der Waals surface area contributed by atoms with Crippen LogP contribution in [0.15, 0.2) is 41.3 Å². The van der Waals surface area contributed by atoms with Gasteiger partial charge in [0.25, 0.3) is 0 Å². The zero-order valence-electron chi connectivity index (χ0n) is 10.8. The number of Topliss-reactive ketones (excluding diaryl/α,β-unsaturated/α-hetero) is 1. The highest BCUT2D eigenvalue weighted by molar-refractivity contribution is 7.11. The predicted octanol–water partition coefficient (Wildman–Crippen LogP) is 4.15. The Morgan fingerprint density at radius 3 is 2.68 bits per heavy atom. The van der Waals surface area contributed by atoms with Crippen LogP contribution < -0.4 is 0 Å². The summed E-state index contributed by atoms with van der Waals surface area (Å²) in [5.74, 6) is -0.223. The molecule has 19 heavy (non-hydrogen) atoms.